The molecule has 1 aliphatic rings. The lowest BCUT2D eigenvalue weighted by Gasteiger charge is -2.32. The lowest BCUT2D eigenvalue weighted by atomic mass is 10.2. The summed E-state index contributed by atoms with van der Waals surface area (Å²) in [6, 6.07) is 17.9. The summed E-state index contributed by atoms with van der Waals surface area (Å²) in [4.78, 5) is 15.2. The van der Waals surface area contributed by atoms with Gasteiger partial charge >= 0.3 is 5.97 Å². The highest BCUT2D eigenvalue weighted by Crippen LogP contribution is 2.42. The molecule has 2 aromatic carbocycles. The third kappa shape index (κ3) is 3.05. The molecule has 0 radical (unpaired) electrons. The van der Waals surface area contributed by atoms with Gasteiger partial charge in [-0.3, -0.25) is 0 Å². The quantitative estimate of drug-likeness (QED) is 0.679. The van der Waals surface area contributed by atoms with Gasteiger partial charge in [-0.05, 0) is 17.7 Å². The zero-order valence-electron chi connectivity index (χ0n) is 11.6. The summed E-state index contributed by atoms with van der Waals surface area (Å²) in [5.74, 6) is -0.983. The number of carboxylic acids is 1. The van der Waals surface area contributed by atoms with Crippen molar-refractivity contribution in [1.29, 1.82) is 0 Å². The van der Waals surface area contributed by atoms with Gasteiger partial charge in [-0.25, -0.2) is 4.79 Å². The van der Waals surface area contributed by atoms with Crippen LogP contribution in [0.4, 0.5) is 5.69 Å². The number of para-hydroxylation sites is 1. The number of thiocarbonyl (C=S) groups is 1. The Morgan fingerprint density at radius 1 is 1.14 bits per heavy atom. The Kier molecular flexibility index (Phi) is 4.27. The molecule has 5 heteroatoms. The second-order valence-corrected chi connectivity index (χ2v) is 6.26. The molecule has 1 heterocycles. The zero-order valence-corrected chi connectivity index (χ0v) is 13.2. The second-order valence-electron chi connectivity index (χ2n) is 4.79. The van der Waals surface area contributed by atoms with Crippen molar-refractivity contribution in [2.24, 2.45) is 0 Å². The number of rotatable bonds is 3. The number of carboxylic acid groups (broad SMARTS) is 1. The minimum Gasteiger partial charge on any atom is -0.478 e. The number of hydrogen-bond donors (Lipinski definition) is 1. The Morgan fingerprint density at radius 2 is 1.82 bits per heavy atom. The van der Waals surface area contributed by atoms with Gasteiger partial charge in [0.2, 0.25) is 0 Å². The number of anilines is 1. The molecule has 2 aromatic rings. The molecule has 0 bridgehead atoms. The lowest BCUT2D eigenvalue weighted by Crippen LogP contribution is -2.32. The minimum atomic E-state index is -0.983. The molecule has 0 fully saturated rings. The third-order valence-corrected chi connectivity index (χ3v) is 4.94. The van der Waals surface area contributed by atoms with Crippen LogP contribution in [0.3, 0.4) is 0 Å². The maximum atomic E-state index is 11.0. The smallest absolute Gasteiger partial charge is 0.329 e. The normalized spacial score (nSPS) is 15.7. The fourth-order valence-electron chi connectivity index (χ4n) is 2.30. The molecule has 0 amide bonds. The van der Waals surface area contributed by atoms with Crippen molar-refractivity contribution in [3.05, 3.63) is 71.1 Å². The van der Waals surface area contributed by atoms with E-state index >= 15 is 0 Å². The van der Waals surface area contributed by atoms with Gasteiger partial charge in [0.25, 0.3) is 0 Å². The molecule has 0 atom stereocenters. The summed E-state index contributed by atoms with van der Waals surface area (Å²) in [6.45, 7) is 0.619. The van der Waals surface area contributed by atoms with Crippen molar-refractivity contribution in [1.82, 2.24) is 0 Å². The molecule has 0 unspecified atom stereocenters. The van der Waals surface area contributed by atoms with Gasteiger partial charge in [-0.15, -0.1) is 0 Å². The largest absolute Gasteiger partial charge is 0.478 e. The van der Waals surface area contributed by atoms with Crippen LogP contribution in [-0.4, -0.2) is 16.1 Å². The van der Waals surface area contributed by atoms with Crippen LogP contribution in [0.15, 0.2) is 70.5 Å². The molecule has 0 aliphatic carbocycles. The highest BCUT2D eigenvalue weighted by molar-refractivity contribution is 8.05. The number of hydrogen-bond acceptors (Lipinski definition) is 3. The van der Waals surface area contributed by atoms with Crippen molar-refractivity contribution in [3.63, 3.8) is 0 Å². The van der Waals surface area contributed by atoms with Crippen LogP contribution >= 0.6 is 24.0 Å². The molecule has 0 aromatic heterocycles. The summed E-state index contributed by atoms with van der Waals surface area (Å²) in [6.07, 6.45) is 1.18. The molecule has 1 aliphatic heterocycles. The average Bonchev–Trinajstić information content (AvgIpc) is 2.52. The molecular formula is C17H13NO2S2. The first-order valence-electron chi connectivity index (χ1n) is 6.72. The monoisotopic (exact) mass is 327 g/mol. The van der Waals surface area contributed by atoms with E-state index in [0.29, 0.717) is 16.4 Å². The van der Waals surface area contributed by atoms with Gasteiger partial charge in [-0.1, -0.05) is 66.4 Å². The third-order valence-electron chi connectivity index (χ3n) is 3.27. The average molecular weight is 327 g/mol. The molecule has 0 saturated heterocycles. The summed E-state index contributed by atoms with van der Waals surface area (Å²) in [7, 11) is 0. The molecule has 0 spiro atoms. The van der Waals surface area contributed by atoms with E-state index in [9.17, 15) is 4.79 Å². The molecule has 1 N–H and O–H groups in total. The van der Waals surface area contributed by atoms with Crippen molar-refractivity contribution in [2.75, 3.05) is 4.90 Å². The predicted octanol–water partition coefficient (Wildman–Crippen LogP) is 4.09. The maximum absolute atomic E-state index is 11.0. The van der Waals surface area contributed by atoms with Crippen LogP contribution in [0.2, 0.25) is 0 Å². The van der Waals surface area contributed by atoms with Gasteiger partial charge in [0.15, 0.2) is 0 Å². The minimum absolute atomic E-state index is 0.551. The highest BCUT2D eigenvalue weighted by atomic mass is 32.2. The standard InChI is InChI=1S/C17H13NO2S2/c19-16(20)10-15-17(21)18(11-12-6-2-1-3-7-12)13-8-4-5-9-14(13)22-15/h1-10H,11H2,(H,19,20)/b15-10-. The summed E-state index contributed by atoms with van der Waals surface area (Å²) in [5.41, 5.74) is 2.14. The van der Waals surface area contributed by atoms with Crippen LogP contribution < -0.4 is 4.90 Å². The van der Waals surface area contributed by atoms with E-state index in [1.807, 2.05) is 59.5 Å². The lowest BCUT2D eigenvalue weighted by molar-refractivity contribution is -0.131. The highest BCUT2D eigenvalue weighted by Gasteiger charge is 2.26. The van der Waals surface area contributed by atoms with Gasteiger partial charge < -0.3 is 10.0 Å². The Labute approximate surface area is 138 Å². The van der Waals surface area contributed by atoms with E-state index in [-0.39, 0.29) is 0 Å². The number of thioether (sulfide) groups is 1. The van der Waals surface area contributed by atoms with Crippen LogP contribution in [0.25, 0.3) is 0 Å². The molecule has 0 saturated carbocycles. The maximum Gasteiger partial charge on any atom is 0.329 e. The van der Waals surface area contributed by atoms with Gasteiger partial charge in [-0.2, -0.15) is 0 Å². The van der Waals surface area contributed by atoms with Crippen LogP contribution in [0.1, 0.15) is 5.56 Å². The molecular weight excluding hydrogens is 314 g/mol. The van der Waals surface area contributed by atoms with E-state index in [2.05, 4.69) is 0 Å². The van der Waals surface area contributed by atoms with Gasteiger partial charge in [0, 0.05) is 17.5 Å². The van der Waals surface area contributed by atoms with Crippen molar-refractivity contribution in [3.8, 4) is 0 Å². The summed E-state index contributed by atoms with van der Waals surface area (Å²) >= 11 is 6.92. The number of benzene rings is 2. The van der Waals surface area contributed by atoms with Gasteiger partial charge in [0.05, 0.1) is 10.6 Å². The Hall–Kier alpha value is -2.11. The van der Waals surface area contributed by atoms with Crippen molar-refractivity contribution in [2.45, 2.75) is 11.4 Å². The zero-order chi connectivity index (χ0) is 15.5. The molecule has 22 heavy (non-hydrogen) atoms. The fourth-order valence-corrected chi connectivity index (χ4v) is 3.67. The van der Waals surface area contributed by atoms with E-state index in [1.54, 1.807) is 0 Å². The SMILES string of the molecule is O=C(O)/C=C1\Sc2ccccc2N(Cc2ccccc2)C1=S. The van der Waals surface area contributed by atoms with E-state index in [4.69, 9.17) is 17.3 Å². The number of fused-ring (bicyclic) bond motifs is 1. The van der Waals surface area contributed by atoms with Crippen LogP contribution in [-0.2, 0) is 11.3 Å². The number of aliphatic carboxylic acids is 1. The van der Waals surface area contributed by atoms with Crippen LogP contribution in [0.5, 0.6) is 0 Å². The second kappa shape index (κ2) is 6.34. The first-order valence-corrected chi connectivity index (χ1v) is 7.95. The molecule has 110 valence electrons. The van der Waals surface area contributed by atoms with Gasteiger partial charge in [0.1, 0.15) is 4.99 Å². The molecule has 3 rings (SSSR count). The molecule has 3 nitrogen and oxygen atoms in total. The number of nitrogens with zero attached hydrogens (tertiary/aromatic N) is 1. The Balaban J connectivity index is 2.02. The van der Waals surface area contributed by atoms with Crippen LogP contribution in [0, 0.1) is 0 Å². The van der Waals surface area contributed by atoms with E-state index < -0.39 is 5.97 Å². The topological polar surface area (TPSA) is 40.5 Å². The summed E-state index contributed by atoms with van der Waals surface area (Å²) < 4.78 is 0. The first kappa shape index (κ1) is 14.8. The predicted molar refractivity (Wildman–Crippen MR) is 93.2 cm³/mol. The summed E-state index contributed by atoms with van der Waals surface area (Å²) in [5, 5.41) is 9.04. The first-order chi connectivity index (χ1) is 10.6. The Bertz CT molecular complexity index is 756. The van der Waals surface area contributed by atoms with E-state index in [0.717, 1.165) is 16.1 Å². The Morgan fingerprint density at radius 3 is 2.55 bits per heavy atom. The van der Waals surface area contributed by atoms with Crippen molar-refractivity contribution < 1.29 is 9.90 Å². The van der Waals surface area contributed by atoms with E-state index in [1.165, 1.54) is 17.8 Å². The fraction of sp³-hybridized carbons (Fsp3) is 0.0588. The van der Waals surface area contributed by atoms with Crippen molar-refractivity contribution >= 4 is 40.6 Å². The number of carbonyl (C=O) groups is 1.